The van der Waals surface area contributed by atoms with E-state index in [9.17, 15) is 13.6 Å². The highest BCUT2D eigenvalue weighted by atomic mass is 19.3. The molecule has 0 aliphatic rings. The zero-order valence-electron chi connectivity index (χ0n) is 13.9. The number of hydrogen-bond donors (Lipinski definition) is 2. The molecule has 0 amide bonds. The Hall–Kier alpha value is -2.58. The number of aromatic nitrogens is 1. The van der Waals surface area contributed by atoms with Crippen LogP contribution in [-0.4, -0.2) is 35.7 Å². The smallest absolute Gasteiger partial charge is 0.478 e. The number of nitrogens with zero attached hydrogens (tertiary/aromatic N) is 1. The molecule has 1 aromatic carbocycles. The third-order valence-electron chi connectivity index (χ3n) is 3.38. The number of alkyl halides is 2. The highest BCUT2D eigenvalue weighted by molar-refractivity contribution is 5.89. The van der Waals surface area contributed by atoms with Crippen molar-refractivity contribution < 1.29 is 28.2 Å². The van der Waals surface area contributed by atoms with Gasteiger partial charge in [-0.3, -0.25) is 9.47 Å². The largest absolute Gasteiger partial charge is 0.487 e. The SMILES string of the molecule is COC(F)(F)OC(C)Nc1ccc(C)c(-c2cccc(C(=O)O)c2)n1. The normalized spacial score (nSPS) is 12.7. The van der Waals surface area contributed by atoms with Crippen LogP contribution in [0, 0.1) is 6.92 Å². The molecule has 1 unspecified atom stereocenters. The van der Waals surface area contributed by atoms with E-state index in [-0.39, 0.29) is 5.56 Å². The van der Waals surface area contributed by atoms with E-state index in [2.05, 4.69) is 19.8 Å². The number of aryl methyl sites for hydroxylation is 1. The number of carbonyl (C=O) groups is 1. The second-order valence-corrected chi connectivity index (χ2v) is 5.32. The first-order valence-electron chi connectivity index (χ1n) is 7.40. The lowest BCUT2D eigenvalue weighted by molar-refractivity contribution is -0.392. The van der Waals surface area contributed by atoms with Gasteiger partial charge in [0.2, 0.25) is 0 Å². The number of anilines is 1. The number of methoxy groups -OCH3 is 1. The molecule has 0 aliphatic carbocycles. The van der Waals surface area contributed by atoms with Crippen LogP contribution in [0.1, 0.15) is 22.8 Å². The highest BCUT2D eigenvalue weighted by Gasteiger charge is 2.32. The Labute approximate surface area is 143 Å². The molecule has 1 aromatic heterocycles. The summed E-state index contributed by atoms with van der Waals surface area (Å²) in [5.74, 6) is -0.738. The number of hydrogen-bond acceptors (Lipinski definition) is 5. The van der Waals surface area contributed by atoms with Crippen molar-refractivity contribution in [2.75, 3.05) is 12.4 Å². The van der Waals surface area contributed by atoms with Crippen molar-refractivity contribution in [3.8, 4) is 11.3 Å². The summed E-state index contributed by atoms with van der Waals surface area (Å²) >= 11 is 0. The molecule has 0 fully saturated rings. The van der Waals surface area contributed by atoms with E-state index < -0.39 is 18.5 Å². The van der Waals surface area contributed by atoms with Crippen molar-refractivity contribution in [3.63, 3.8) is 0 Å². The molecule has 2 rings (SSSR count). The number of carboxylic acid groups (broad SMARTS) is 1. The molecule has 2 aromatic rings. The summed E-state index contributed by atoms with van der Waals surface area (Å²) in [5, 5.41) is 11.8. The highest BCUT2D eigenvalue weighted by Crippen LogP contribution is 2.25. The van der Waals surface area contributed by atoms with Gasteiger partial charge in [-0.15, -0.1) is 8.78 Å². The monoisotopic (exact) mass is 352 g/mol. The van der Waals surface area contributed by atoms with E-state index in [0.29, 0.717) is 17.1 Å². The summed E-state index contributed by atoms with van der Waals surface area (Å²) in [6, 6.07) is 9.69. The number of ether oxygens (including phenoxy) is 2. The van der Waals surface area contributed by atoms with Gasteiger partial charge >= 0.3 is 12.3 Å². The predicted molar refractivity (Wildman–Crippen MR) is 87.5 cm³/mol. The van der Waals surface area contributed by atoms with Gasteiger partial charge in [0.05, 0.1) is 11.3 Å². The van der Waals surface area contributed by atoms with E-state index in [1.165, 1.54) is 19.1 Å². The fourth-order valence-corrected chi connectivity index (χ4v) is 2.19. The van der Waals surface area contributed by atoms with Crippen molar-refractivity contribution in [2.45, 2.75) is 26.4 Å². The second kappa shape index (κ2) is 7.54. The minimum Gasteiger partial charge on any atom is -0.478 e. The van der Waals surface area contributed by atoms with Crippen LogP contribution in [0.3, 0.4) is 0 Å². The fourth-order valence-electron chi connectivity index (χ4n) is 2.19. The molecule has 8 heteroatoms. The lowest BCUT2D eigenvalue weighted by Gasteiger charge is -2.21. The van der Waals surface area contributed by atoms with Gasteiger partial charge in [0.1, 0.15) is 12.0 Å². The van der Waals surface area contributed by atoms with Gasteiger partial charge < -0.3 is 10.4 Å². The van der Waals surface area contributed by atoms with E-state index in [4.69, 9.17) is 5.11 Å². The van der Waals surface area contributed by atoms with Crippen molar-refractivity contribution in [3.05, 3.63) is 47.5 Å². The van der Waals surface area contributed by atoms with Crippen LogP contribution in [0.4, 0.5) is 14.6 Å². The third kappa shape index (κ3) is 4.94. The van der Waals surface area contributed by atoms with Gasteiger partial charge in [-0.2, -0.15) is 0 Å². The number of nitrogens with one attached hydrogen (secondary N) is 1. The molecular weight excluding hydrogens is 334 g/mol. The van der Waals surface area contributed by atoms with Crippen molar-refractivity contribution in [1.82, 2.24) is 4.98 Å². The standard InChI is InChI=1S/C17H18F2N2O4/c1-10-7-8-14(20-11(2)25-17(18,19)24-3)21-15(10)12-5-4-6-13(9-12)16(22)23/h4-9,11H,1-3H3,(H,20,21)(H,22,23). The molecule has 6 nitrogen and oxygen atoms in total. The Morgan fingerprint density at radius 1 is 1.32 bits per heavy atom. The maximum absolute atomic E-state index is 13.1. The predicted octanol–water partition coefficient (Wildman–Crippen LogP) is 3.73. The van der Waals surface area contributed by atoms with Crippen molar-refractivity contribution in [1.29, 1.82) is 0 Å². The molecule has 0 aliphatic heterocycles. The molecule has 134 valence electrons. The molecule has 0 spiro atoms. The Balaban J connectivity index is 2.26. The first-order chi connectivity index (χ1) is 11.7. The first-order valence-corrected chi connectivity index (χ1v) is 7.40. The minimum absolute atomic E-state index is 0.133. The number of benzene rings is 1. The van der Waals surface area contributed by atoms with Gasteiger partial charge in [-0.1, -0.05) is 18.2 Å². The quantitative estimate of drug-likeness (QED) is 0.739. The molecule has 0 bridgehead atoms. The minimum atomic E-state index is -3.71. The van der Waals surface area contributed by atoms with Gasteiger partial charge in [-0.25, -0.2) is 9.78 Å². The lowest BCUT2D eigenvalue weighted by atomic mass is 10.0. The molecule has 1 atom stereocenters. The van der Waals surface area contributed by atoms with E-state index >= 15 is 0 Å². The summed E-state index contributed by atoms with van der Waals surface area (Å²) in [6.07, 6.45) is -4.78. The molecule has 1 heterocycles. The summed E-state index contributed by atoms with van der Waals surface area (Å²) in [4.78, 5) is 15.5. The van der Waals surface area contributed by atoms with Gasteiger partial charge in [-0.05, 0) is 37.6 Å². The number of aromatic carboxylic acids is 1. The van der Waals surface area contributed by atoms with Crippen LogP contribution in [0.2, 0.25) is 0 Å². The van der Waals surface area contributed by atoms with E-state index in [0.717, 1.165) is 12.7 Å². The zero-order chi connectivity index (χ0) is 18.6. The number of halogens is 2. The number of pyridine rings is 1. The summed E-state index contributed by atoms with van der Waals surface area (Å²) in [7, 11) is 0.838. The summed E-state index contributed by atoms with van der Waals surface area (Å²) < 4.78 is 34.5. The number of rotatable bonds is 7. The average Bonchev–Trinajstić information content (AvgIpc) is 2.56. The first kappa shape index (κ1) is 18.8. The molecule has 0 radical (unpaired) electrons. The Kier molecular flexibility index (Phi) is 5.66. The van der Waals surface area contributed by atoms with Crippen LogP contribution in [0.15, 0.2) is 36.4 Å². The van der Waals surface area contributed by atoms with E-state index in [1.807, 2.05) is 6.92 Å². The van der Waals surface area contributed by atoms with Crippen LogP contribution < -0.4 is 5.32 Å². The Morgan fingerprint density at radius 3 is 2.68 bits per heavy atom. The van der Waals surface area contributed by atoms with Crippen LogP contribution in [0.25, 0.3) is 11.3 Å². The molecule has 0 saturated carbocycles. The maximum Gasteiger partial charge on any atom is 0.487 e. The zero-order valence-corrected chi connectivity index (χ0v) is 13.9. The summed E-state index contributed by atoms with van der Waals surface area (Å²) in [5.41, 5.74) is 2.09. The van der Waals surface area contributed by atoms with Gasteiger partial charge in [0, 0.05) is 12.7 Å². The van der Waals surface area contributed by atoms with Gasteiger partial charge in [0.25, 0.3) is 0 Å². The van der Waals surface area contributed by atoms with Crippen LogP contribution in [0.5, 0.6) is 0 Å². The number of carboxylic acids is 1. The van der Waals surface area contributed by atoms with Crippen molar-refractivity contribution in [2.24, 2.45) is 0 Å². The van der Waals surface area contributed by atoms with Crippen LogP contribution in [-0.2, 0) is 9.47 Å². The van der Waals surface area contributed by atoms with Crippen LogP contribution >= 0.6 is 0 Å². The third-order valence-corrected chi connectivity index (χ3v) is 3.38. The Bertz CT molecular complexity index is 768. The topological polar surface area (TPSA) is 80.7 Å². The molecule has 0 saturated heterocycles. The van der Waals surface area contributed by atoms with Gasteiger partial charge in [0.15, 0.2) is 0 Å². The lowest BCUT2D eigenvalue weighted by Crippen LogP contribution is -2.32. The van der Waals surface area contributed by atoms with E-state index in [1.54, 1.807) is 24.3 Å². The Morgan fingerprint density at radius 2 is 2.04 bits per heavy atom. The maximum atomic E-state index is 13.1. The second-order valence-electron chi connectivity index (χ2n) is 5.32. The van der Waals surface area contributed by atoms with Crippen molar-refractivity contribution >= 4 is 11.8 Å². The molecule has 2 N–H and O–H groups in total. The average molecular weight is 352 g/mol. The molecule has 25 heavy (non-hydrogen) atoms. The molecular formula is C17H18F2N2O4. The summed E-state index contributed by atoms with van der Waals surface area (Å²) in [6.45, 7) is 3.21. The fraction of sp³-hybridized carbons (Fsp3) is 0.294.